The first-order valence-electron chi connectivity index (χ1n) is 7.96. The largest absolute Gasteiger partial charge is 0.443 e. The lowest BCUT2D eigenvalue weighted by Gasteiger charge is -2.21. The van der Waals surface area contributed by atoms with Gasteiger partial charge in [0.05, 0.1) is 11.4 Å². The summed E-state index contributed by atoms with van der Waals surface area (Å²) < 4.78 is 34.1. The van der Waals surface area contributed by atoms with Gasteiger partial charge in [-0.05, 0) is 58.9 Å². The zero-order valence-corrected chi connectivity index (χ0v) is 16.0. The van der Waals surface area contributed by atoms with Gasteiger partial charge in [0.25, 0.3) is 0 Å². The fourth-order valence-corrected chi connectivity index (χ4v) is 3.27. The van der Waals surface area contributed by atoms with Crippen LogP contribution in [-0.4, -0.2) is 24.7 Å². The molecule has 0 aliphatic rings. The molecule has 1 N–H and O–H groups in total. The van der Waals surface area contributed by atoms with E-state index in [-0.39, 0.29) is 11.4 Å². The number of hydrogen-bond donors (Lipinski definition) is 1. The Morgan fingerprint density at radius 1 is 1.08 bits per heavy atom. The van der Waals surface area contributed by atoms with E-state index in [9.17, 15) is 13.2 Å². The molecule has 0 aliphatic heterocycles. The van der Waals surface area contributed by atoms with Crippen molar-refractivity contribution in [3.8, 4) is 0 Å². The summed E-state index contributed by atoms with van der Waals surface area (Å²) in [5.41, 5.74) is 1.54. The number of hydrogen-bond acceptors (Lipinski definition) is 4. The number of rotatable bonds is 4. The van der Waals surface area contributed by atoms with Crippen LogP contribution in [0.3, 0.4) is 0 Å². The smallest absolute Gasteiger partial charge is 0.418 e. The molecule has 0 aliphatic carbocycles. The maximum Gasteiger partial charge on any atom is 0.418 e. The van der Waals surface area contributed by atoms with E-state index in [1.807, 2.05) is 6.92 Å². The van der Waals surface area contributed by atoms with Crippen LogP contribution in [0.25, 0.3) is 0 Å². The first-order valence-corrected chi connectivity index (χ1v) is 9.45. The highest BCUT2D eigenvalue weighted by Crippen LogP contribution is 2.16. The molecular formula is C18H24N2O4S. The molecule has 0 unspecified atom stereocenters. The van der Waals surface area contributed by atoms with Gasteiger partial charge in [-0.15, -0.1) is 0 Å². The zero-order valence-electron chi connectivity index (χ0n) is 15.2. The summed E-state index contributed by atoms with van der Waals surface area (Å²) in [7, 11) is -3.66. The van der Waals surface area contributed by atoms with Crippen molar-refractivity contribution < 1.29 is 17.9 Å². The van der Waals surface area contributed by atoms with Crippen LogP contribution in [0.1, 0.15) is 37.7 Å². The maximum absolute atomic E-state index is 12.4. The summed E-state index contributed by atoms with van der Waals surface area (Å²) in [6.45, 7) is 8.99. The van der Waals surface area contributed by atoms with Gasteiger partial charge in [-0.1, -0.05) is 17.7 Å². The standard InChI is InChI=1S/C18H24N2O4S/c1-13-6-10-16(11-7-13)25(22,23)19-12-15-9-8-14(2)20(15)17(21)24-18(3,4)5/h6-11,19H,12H2,1-5H3. The molecule has 1 aromatic heterocycles. The van der Waals surface area contributed by atoms with Crippen molar-refractivity contribution in [1.29, 1.82) is 0 Å². The van der Waals surface area contributed by atoms with E-state index in [1.165, 1.54) is 4.57 Å². The number of carbonyl (C=O) groups is 1. The summed E-state index contributed by atoms with van der Waals surface area (Å²) in [5, 5.41) is 0. The Morgan fingerprint density at radius 3 is 2.24 bits per heavy atom. The monoisotopic (exact) mass is 364 g/mol. The van der Waals surface area contributed by atoms with Gasteiger partial charge in [0.15, 0.2) is 0 Å². The Kier molecular flexibility index (Phi) is 5.39. The van der Waals surface area contributed by atoms with Gasteiger partial charge in [0.2, 0.25) is 10.0 Å². The van der Waals surface area contributed by atoms with E-state index in [2.05, 4.69) is 4.72 Å². The Labute approximate surface area is 148 Å². The van der Waals surface area contributed by atoms with E-state index in [0.717, 1.165) is 5.56 Å². The molecule has 0 saturated heterocycles. The SMILES string of the molecule is Cc1ccc(S(=O)(=O)NCc2ccc(C)n2C(=O)OC(C)(C)C)cc1. The fourth-order valence-electron chi connectivity index (χ4n) is 2.27. The van der Waals surface area contributed by atoms with Gasteiger partial charge < -0.3 is 4.74 Å². The minimum atomic E-state index is -3.66. The first-order chi connectivity index (χ1) is 11.5. The van der Waals surface area contributed by atoms with Gasteiger partial charge in [-0.2, -0.15) is 0 Å². The molecule has 0 fully saturated rings. The van der Waals surface area contributed by atoms with E-state index >= 15 is 0 Å². The molecule has 25 heavy (non-hydrogen) atoms. The summed E-state index contributed by atoms with van der Waals surface area (Å²) in [4.78, 5) is 12.5. The van der Waals surface area contributed by atoms with E-state index in [1.54, 1.807) is 64.1 Å². The molecule has 136 valence electrons. The van der Waals surface area contributed by atoms with Crippen molar-refractivity contribution in [3.63, 3.8) is 0 Å². The number of aromatic nitrogens is 1. The molecule has 0 radical (unpaired) electrons. The Hall–Kier alpha value is -2.12. The van der Waals surface area contributed by atoms with Gasteiger partial charge in [0.1, 0.15) is 5.60 Å². The molecule has 0 saturated carbocycles. The lowest BCUT2D eigenvalue weighted by atomic mass is 10.2. The lowest BCUT2D eigenvalue weighted by Crippen LogP contribution is -2.30. The van der Waals surface area contributed by atoms with Gasteiger partial charge in [0, 0.05) is 11.4 Å². The summed E-state index contributed by atoms with van der Waals surface area (Å²) >= 11 is 0. The van der Waals surface area contributed by atoms with Crippen LogP contribution in [-0.2, 0) is 21.3 Å². The van der Waals surface area contributed by atoms with Crippen LogP contribution < -0.4 is 4.72 Å². The Bertz CT molecular complexity index is 859. The molecule has 0 spiro atoms. The lowest BCUT2D eigenvalue weighted by molar-refractivity contribution is 0.0529. The topological polar surface area (TPSA) is 77.4 Å². The highest BCUT2D eigenvalue weighted by atomic mass is 32.2. The van der Waals surface area contributed by atoms with Crippen LogP contribution in [0.2, 0.25) is 0 Å². The molecule has 2 aromatic rings. The number of benzene rings is 1. The average molecular weight is 364 g/mol. The van der Waals surface area contributed by atoms with Crippen molar-refractivity contribution in [2.24, 2.45) is 0 Å². The van der Waals surface area contributed by atoms with E-state index < -0.39 is 21.7 Å². The molecule has 1 aromatic carbocycles. The van der Waals surface area contributed by atoms with Crippen LogP contribution in [0, 0.1) is 13.8 Å². The van der Waals surface area contributed by atoms with Crippen molar-refractivity contribution in [2.75, 3.05) is 0 Å². The second-order valence-electron chi connectivity index (χ2n) is 6.92. The van der Waals surface area contributed by atoms with Gasteiger partial charge >= 0.3 is 6.09 Å². The number of ether oxygens (including phenoxy) is 1. The van der Waals surface area contributed by atoms with Crippen molar-refractivity contribution >= 4 is 16.1 Å². The number of nitrogens with one attached hydrogen (secondary N) is 1. The molecule has 0 atom stereocenters. The molecule has 1 heterocycles. The van der Waals surface area contributed by atoms with E-state index in [4.69, 9.17) is 4.74 Å². The summed E-state index contributed by atoms with van der Waals surface area (Å²) in [6, 6.07) is 10.0. The molecular weight excluding hydrogens is 340 g/mol. The second kappa shape index (κ2) is 7.01. The summed E-state index contributed by atoms with van der Waals surface area (Å²) in [6.07, 6.45) is -0.528. The molecule has 6 nitrogen and oxygen atoms in total. The van der Waals surface area contributed by atoms with Gasteiger partial charge in [-0.25, -0.2) is 17.9 Å². The van der Waals surface area contributed by atoms with E-state index in [0.29, 0.717) is 11.4 Å². The van der Waals surface area contributed by atoms with Crippen molar-refractivity contribution in [1.82, 2.24) is 9.29 Å². The van der Waals surface area contributed by atoms with Crippen LogP contribution in [0.5, 0.6) is 0 Å². The van der Waals surface area contributed by atoms with Crippen LogP contribution in [0.15, 0.2) is 41.3 Å². The predicted octanol–water partition coefficient (Wildman–Crippen LogP) is 3.37. The van der Waals surface area contributed by atoms with Gasteiger partial charge in [-0.3, -0.25) is 4.57 Å². The first kappa shape index (κ1) is 19.2. The van der Waals surface area contributed by atoms with Crippen LogP contribution >= 0.6 is 0 Å². The zero-order chi connectivity index (χ0) is 18.8. The quantitative estimate of drug-likeness (QED) is 0.902. The minimum Gasteiger partial charge on any atom is -0.443 e. The average Bonchev–Trinajstić information content (AvgIpc) is 2.85. The van der Waals surface area contributed by atoms with Crippen LogP contribution in [0.4, 0.5) is 4.79 Å². The highest BCUT2D eigenvalue weighted by molar-refractivity contribution is 7.89. The molecule has 0 bridgehead atoms. The third-order valence-electron chi connectivity index (χ3n) is 3.51. The molecule has 2 rings (SSSR count). The number of nitrogens with zero attached hydrogens (tertiary/aromatic N) is 1. The third-order valence-corrected chi connectivity index (χ3v) is 4.92. The van der Waals surface area contributed by atoms with Crippen molar-refractivity contribution in [2.45, 2.75) is 51.7 Å². The highest BCUT2D eigenvalue weighted by Gasteiger charge is 2.22. The minimum absolute atomic E-state index is 0.0106. The predicted molar refractivity (Wildman–Crippen MR) is 96.0 cm³/mol. The summed E-state index contributed by atoms with van der Waals surface area (Å²) in [5.74, 6) is 0. The fraction of sp³-hybridized carbons (Fsp3) is 0.389. The molecule has 0 amide bonds. The third kappa shape index (κ3) is 4.93. The second-order valence-corrected chi connectivity index (χ2v) is 8.69. The normalized spacial score (nSPS) is 12.2. The number of sulfonamides is 1. The number of aryl methyl sites for hydroxylation is 2. The Balaban J connectivity index is 2.19. The maximum atomic E-state index is 12.4. The van der Waals surface area contributed by atoms with Crippen molar-refractivity contribution in [3.05, 3.63) is 53.3 Å². The Morgan fingerprint density at radius 2 is 1.68 bits per heavy atom. The molecule has 7 heteroatoms. The number of carbonyl (C=O) groups excluding carboxylic acids is 1.